The van der Waals surface area contributed by atoms with Gasteiger partial charge in [0.2, 0.25) is 11.1 Å². The SMILES string of the molecule is Cc1ccc(C)c(-n2c(C)cc(/C=C3/C(=N)N4N=C(CC(=O)N5CCCCC5)SC4=NC3=O)c2C)c1. The number of carbonyl (C=O) groups is 2. The van der Waals surface area contributed by atoms with Crippen molar-refractivity contribution in [3.8, 4) is 5.69 Å². The number of nitrogens with zero attached hydrogens (tertiary/aromatic N) is 5. The van der Waals surface area contributed by atoms with Gasteiger partial charge < -0.3 is 9.47 Å². The normalized spacial score (nSPS) is 19.1. The molecule has 2 amide bonds. The topological polar surface area (TPSA) is 94.1 Å². The van der Waals surface area contributed by atoms with Crippen LogP contribution in [0.5, 0.6) is 0 Å². The molecule has 4 heterocycles. The highest BCUT2D eigenvalue weighted by atomic mass is 32.2. The van der Waals surface area contributed by atoms with E-state index in [1.165, 1.54) is 22.3 Å². The van der Waals surface area contributed by atoms with E-state index in [0.29, 0.717) is 10.2 Å². The molecule has 3 aliphatic heterocycles. The Kier molecular flexibility index (Phi) is 6.42. The number of amidine groups is 2. The highest BCUT2D eigenvalue weighted by Crippen LogP contribution is 2.31. The van der Waals surface area contributed by atoms with Gasteiger partial charge in [-0.2, -0.15) is 15.1 Å². The third-order valence-electron chi connectivity index (χ3n) is 6.88. The summed E-state index contributed by atoms with van der Waals surface area (Å²) >= 11 is 1.20. The molecular formula is C27H30N6O2S. The van der Waals surface area contributed by atoms with Crippen molar-refractivity contribution in [3.63, 3.8) is 0 Å². The van der Waals surface area contributed by atoms with Gasteiger partial charge >= 0.3 is 0 Å². The van der Waals surface area contributed by atoms with E-state index in [4.69, 9.17) is 5.41 Å². The van der Waals surface area contributed by atoms with Gasteiger partial charge in [-0.05, 0) is 93.6 Å². The zero-order valence-electron chi connectivity index (χ0n) is 21.1. The van der Waals surface area contributed by atoms with Gasteiger partial charge in [0.05, 0.1) is 12.0 Å². The first-order chi connectivity index (χ1) is 17.2. The minimum atomic E-state index is -0.464. The van der Waals surface area contributed by atoms with Crippen LogP contribution in [0.15, 0.2) is 39.9 Å². The number of aromatic nitrogens is 1. The molecule has 0 atom stereocenters. The molecule has 8 nitrogen and oxygen atoms in total. The van der Waals surface area contributed by atoms with Gasteiger partial charge in [-0.15, -0.1) is 0 Å². The Bertz CT molecular complexity index is 1380. The summed E-state index contributed by atoms with van der Waals surface area (Å²) in [4.78, 5) is 31.7. The maximum Gasteiger partial charge on any atom is 0.283 e. The van der Waals surface area contributed by atoms with E-state index in [-0.39, 0.29) is 23.7 Å². The van der Waals surface area contributed by atoms with Gasteiger partial charge in [0, 0.05) is 30.2 Å². The molecule has 1 fully saturated rings. The van der Waals surface area contributed by atoms with Crippen LogP contribution in [0.25, 0.3) is 11.8 Å². The predicted molar refractivity (Wildman–Crippen MR) is 145 cm³/mol. The van der Waals surface area contributed by atoms with Gasteiger partial charge in [0.15, 0.2) is 5.84 Å². The van der Waals surface area contributed by atoms with E-state index in [1.807, 2.05) is 24.8 Å². The van der Waals surface area contributed by atoms with Crippen LogP contribution >= 0.6 is 11.8 Å². The molecule has 1 aromatic carbocycles. The molecule has 9 heteroatoms. The van der Waals surface area contributed by atoms with Crippen LogP contribution in [-0.4, -0.2) is 55.4 Å². The fraction of sp³-hybridized carbons (Fsp3) is 0.370. The Hall–Kier alpha value is -3.46. The lowest BCUT2D eigenvalue weighted by Gasteiger charge is -2.26. The van der Waals surface area contributed by atoms with E-state index in [2.05, 4.69) is 46.7 Å². The summed E-state index contributed by atoms with van der Waals surface area (Å²) in [6, 6.07) is 8.37. The summed E-state index contributed by atoms with van der Waals surface area (Å²) in [5.41, 5.74) is 6.50. The van der Waals surface area contributed by atoms with E-state index < -0.39 is 5.91 Å². The van der Waals surface area contributed by atoms with Crippen molar-refractivity contribution < 1.29 is 9.59 Å². The lowest BCUT2D eigenvalue weighted by molar-refractivity contribution is -0.130. The number of piperidine rings is 1. The van der Waals surface area contributed by atoms with Gasteiger partial charge in [0.1, 0.15) is 5.04 Å². The van der Waals surface area contributed by atoms with Crippen LogP contribution in [0.3, 0.4) is 0 Å². The molecule has 3 aliphatic rings. The molecule has 5 rings (SSSR count). The van der Waals surface area contributed by atoms with Crippen LogP contribution in [0.2, 0.25) is 0 Å². The molecule has 0 radical (unpaired) electrons. The molecule has 2 aromatic rings. The molecule has 1 saturated heterocycles. The minimum Gasteiger partial charge on any atom is -0.342 e. The third-order valence-corrected chi connectivity index (χ3v) is 7.79. The van der Waals surface area contributed by atoms with Gasteiger partial charge in [-0.3, -0.25) is 15.0 Å². The number of amides is 2. The van der Waals surface area contributed by atoms with E-state index >= 15 is 0 Å². The van der Waals surface area contributed by atoms with Crippen molar-refractivity contribution in [2.45, 2.75) is 53.4 Å². The van der Waals surface area contributed by atoms with Crippen LogP contribution in [0.4, 0.5) is 0 Å². The first-order valence-electron chi connectivity index (χ1n) is 12.3. The summed E-state index contributed by atoms with van der Waals surface area (Å²) in [7, 11) is 0. The Morgan fingerprint density at radius 3 is 2.61 bits per heavy atom. The number of nitrogens with one attached hydrogen (secondary N) is 1. The number of carbonyl (C=O) groups excluding carboxylic acids is 2. The maximum atomic E-state index is 12.9. The number of aryl methyl sites for hydroxylation is 3. The maximum absolute atomic E-state index is 12.9. The van der Waals surface area contributed by atoms with Crippen molar-refractivity contribution in [2.24, 2.45) is 10.1 Å². The summed E-state index contributed by atoms with van der Waals surface area (Å²) in [6.07, 6.45) is 5.11. The van der Waals surface area contributed by atoms with Gasteiger partial charge in [-0.25, -0.2) is 0 Å². The molecule has 1 aromatic heterocycles. The quantitative estimate of drug-likeness (QED) is 0.612. The summed E-state index contributed by atoms with van der Waals surface area (Å²) in [5, 5.41) is 15.5. The number of rotatable bonds is 4. The molecule has 186 valence electrons. The molecule has 1 N–H and O–H groups in total. The molecule has 0 spiro atoms. The number of likely N-dealkylation sites (tertiary alicyclic amines) is 1. The minimum absolute atomic E-state index is 0.0190. The van der Waals surface area contributed by atoms with Gasteiger partial charge in [0.25, 0.3) is 5.91 Å². The second-order valence-corrected chi connectivity index (χ2v) is 10.6. The Morgan fingerprint density at radius 2 is 1.86 bits per heavy atom. The molecular weight excluding hydrogens is 472 g/mol. The molecule has 0 bridgehead atoms. The number of hydrogen-bond donors (Lipinski definition) is 1. The predicted octanol–water partition coefficient (Wildman–Crippen LogP) is 4.73. The van der Waals surface area contributed by atoms with Crippen molar-refractivity contribution >= 4 is 45.7 Å². The molecule has 0 aliphatic carbocycles. The van der Waals surface area contributed by atoms with Crippen molar-refractivity contribution in [2.75, 3.05) is 13.1 Å². The summed E-state index contributed by atoms with van der Waals surface area (Å²) in [5.74, 6) is -0.447. The highest BCUT2D eigenvalue weighted by molar-refractivity contribution is 8.27. The van der Waals surface area contributed by atoms with Crippen LogP contribution in [0.1, 0.15) is 53.8 Å². The monoisotopic (exact) mass is 502 g/mol. The highest BCUT2D eigenvalue weighted by Gasteiger charge is 2.36. The standard InChI is InChI=1S/C27H30N6O2S/c1-16-8-9-17(2)22(12-16)32-18(3)13-20(19(32)4)14-21-25(28)33-27(29-26(21)35)36-23(30-33)15-24(34)31-10-6-5-7-11-31/h8-9,12-14,28H,5-7,10-11,15H2,1-4H3/b21-14-,28-25?. The second-order valence-electron chi connectivity index (χ2n) is 9.58. The Balaban J connectivity index is 1.41. The zero-order valence-corrected chi connectivity index (χ0v) is 21.9. The number of fused-ring (bicyclic) bond motifs is 1. The van der Waals surface area contributed by atoms with E-state index in [1.54, 1.807) is 6.08 Å². The fourth-order valence-electron chi connectivity index (χ4n) is 4.91. The smallest absolute Gasteiger partial charge is 0.283 e. The number of hydrogen-bond acceptors (Lipinski definition) is 5. The zero-order chi connectivity index (χ0) is 25.6. The lowest BCUT2D eigenvalue weighted by atomic mass is 10.1. The first kappa shape index (κ1) is 24.2. The van der Waals surface area contributed by atoms with Crippen molar-refractivity contribution in [3.05, 3.63) is 57.9 Å². The lowest BCUT2D eigenvalue weighted by Crippen LogP contribution is -2.36. The van der Waals surface area contributed by atoms with E-state index in [9.17, 15) is 9.59 Å². The van der Waals surface area contributed by atoms with Gasteiger partial charge in [-0.1, -0.05) is 12.1 Å². The van der Waals surface area contributed by atoms with E-state index in [0.717, 1.165) is 60.6 Å². The molecule has 36 heavy (non-hydrogen) atoms. The van der Waals surface area contributed by atoms with Crippen LogP contribution in [0, 0.1) is 33.1 Å². The fourth-order valence-corrected chi connectivity index (χ4v) is 5.78. The van der Waals surface area contributed by atoms with Crippen molar-refractivity contribution in [1.82, 2.24) is 14.5 Å². The summed E-state index contributed by atoms with van der Waals surface area (Å²) < 4.78 is 2.18. The Labute approximate surface area is 215 Å². The second kappa shape index (κ2) is 9.54. The largest absolute Gasteiger partial charge is 0.342 e. The average Bonchev–Trinajstić information content (AvgIpc) is 3.38. The number of thioether (sulfide) groups is 1. The van der Waals surface area contributed by atoms with Crippen molar-refractivity contribution in [1.29, 1.82) is 5.41 Å². The average molecular weight is 503 g/mol. The number of aliphatic imine (C=N–C) groups is 1. The Morgan fingerprint density at radius 1 is 1.11 bits per heavy atom. The van der Waals surface area contributed by atoms with Crippen LogP contribution in [-0.2, 0) is 9.59 Å². The summed E-state index contributed by atoms with van der Waals surface area (Å²) in [6.45, 7) is 9.76. The third kappa shape index (κ3) is 4.43. The molecule has 0 saturated carbocycles. The first-order valence-corrected chi connectivity index (χ1v) is 13.1. The molecule has 0 unspecified atom stereocenters. The van der Waals surface area contributed by atoms with Crippen LogP contribution < -0.4 is 0 Å². The number of hydrazone groups is 1. The number of benzene rings is 1.